The Balaban J connectivity index is 1.27. The van der Waals surface area contributed by atoms with E-state index in [1.807, 2.05) is 0 Å². The lowest BCUT2D eigenvalue weighted by Gasteiger charge is -2.58. The van der Waals surface area contributed by atoms with E-state index in [0.29, 0.717) is 48.3 Å². The third-order valence-corrected chi connectivity index (χ3v) is 12.8. The monoisotopic (exact) mass is 576 g/mol. The molecule has 0 aromatic heterocycles. The molecule has 2 saturated carbocycles. The van der Waals surface area contributed by atoms with E-state index in [0.717, 1.165) is 32.1 Å². The first-order valence-electron chi connectivity index (χ1n) is 16.8. The Morgan fingerprint density at radius 1 is 0.805 bits per heavy atom. The van der Waals surface area contributed by atoms with Gasteiger partial charge in [-0.1, -0.05) is 34.1 Å². The summed E-state index contributed by atoms with van der Waals surface area (Å²) >= 11 is 0. The normalized spacial score (nSPS) is 56.3. The lowest BCUT2D eigenvalue weighted by atomic mass is 9.57. The maximum absolute atomic E-state index is 12.4. The van der Waals surface area contributed by atoms with Gasteiger partial charge < -0.3 is 29.2 Å². The van der Waals surface area contributed by atoms with Crippen molar-refractivity contribution in [2.45, 2.75) is 148 Å². The summed E-state index contributed by atoms with van der Waals surface area (Å²) in [6.45, 7) is 13.1. The molecule has 6 aliphatic rings. The smallest absolute Gasteiger partial charge is 0.187 e. The summed E-state index contributed by atoms with van der Waals surface area (Å²) in [6.07, 6.45) is 7.40. The van der Waals surface area contributed by atoms with E-state index in [9.17, 15) is 10.2 Å². The second kappa shape index (κ2) is 11.4. The molecule has 0 spiro atoms. The average Bonchev–Trinajstić information content (AvgIpc) is 3.13. The number of azo groups is 1. The van der Waals surface area contributed by atoms with Crippen molar-refractivity contribution in [1.29, 1.82) is 0 Å². The second-order valence-electron chi connectivity index (χ2n) is 15.3. The molecule has 8 heteroatoms. The fraction of sp³-hybridized carbons (Fsp3) is 1.00. The van der Waals surface area contributed by atoms with E-state index in [1.165, 1.54) is 12.8 Å². The number of nitrogens with zero attached hydrogens (tertiary/aromatic N) is 2. The maximum atomic E-state index is 12.4. The highest BCUT2D eigenvalue weighted by Gasteiger charge is 2.63. The van der Waals surface area contributed by atoms with E-state index < -0.39 is 24.0 Å². The van der Waals surface area contributed by atoms with Crippen molar-refractivity contribution in [2.75, 3.05) is 7.05 Å². The molecular formula is C33H56N2O6. The highest BCUT2D eigenvalue weighted by molar-refractivity contribution is 5.09. The molecule has 2 N–H and O–H groups in total. The van der Waals surface area contributed by atoms with Crippen LogP contribution in [0, 0.1) is 53.3 Å². The van der Waals surface area contributed by atoms with Gasteiger partial charge in [0, 0.05) is 25.8 Å². The van der Waals surface area contributed by atoms with Gasteiger partial charge >= 0.3 is 0 Å². The van der Waals surface area contributed by atoms with Crippen LogP contribution in [0.3, 0.4) is 0 Å². The average molecular weight is 577 g/mol. The standard InChI is InChI=1S/C33H56N2O6/c1-17-8-11-23-20(4)27(39-30-28(23)22(17)14-15-32(6,36)41-30)16-26(35-34-7)29-21(5)25-12-9-18(2)24-13-10-19(3)38-31(40-29)33(24,25)37/h17-31,36-37H,8-16H2,1-7H3. The van der Waals surface area contributed by atoms with Gasteiger partial charge in [-0.3, -0.25) is 0 Å². The van der Waals surface area contributed by atoms with Crippen molar-refractivity contribution >= 4 is 0 Å². The second-order valence-corrected chi connectivity index (χ2v) is 15.3. The van der Waals surface area contributed by atoms with Crippen LogP contribution in [-0.2, 0) is 18.9 Å². The van der Waals surface area contributed by atoms with Gasteiger partial charge in [0.2, 0.25) is 0 Å². The number of aliphatic hydroxyl groups is 2. The summed E-state index contributed by atoms with van der Waals surface area (Å²) < 4.78 is 26.5. The lowest BCUT2D eigenvalue weighted by molar-refractivity contribution is -0.350. The molecule has 0 radical (unpaired) electrons. The molecule has 17 atom stereocenters. The van der Waals surface area contributed by atoms with Gasteiger partial charge in [0.05, 0.1) is 24.4 Å². The predicted molar refractivity (Wildman–Crippen MR) is 155 cm³/mol. The van der Waals surface area contributed by atoms with Crippen LogP contribution in [0.15, 0.2) is 10.2 Å². The molecule has 6 fully saturated rings. The fourth-order valence-corrected chi connectivity index (χ4v) is 10.5. The molecule has 41 heavy (non-hydrogen) atoms. The molecule has 0 aromatic carbocycles. The van der Waals surface area contributed by atoms with Gasteiger partial charge in [-0.15, -0.1) is 0 Å². The van der Waals surface area contributed by atoms with Crippen molar-refractivity contribution in [2.24, 2.45) is 63.5 Å². The Morgan fingerprint density at radius 3 is 2.29 bits per heavy atom. The zero-order chi connectivity index (χ0) is 29.3. The summed E-state index contributed by atoms with van der Waals surface area (Å²) in [5.41, 5.74) is -0.971. The number of rotatable bonds is 4. The highest BCUT2D eigenvalue weighted by Crippen LogP contribution is 2.57. The topological polar surface area (TPSA) is 102 Å². The van der Waals surface area contributed by atoms with Crippen LogP contribution in [-0.4, -0.2) is 65.6 Å². The molecule has 0 bridgehead atoms. The Labute approximate surface area is 247 Å². The van der Waals surface area contributed by atoms with Gasteiger partial charge in [-0.2, -0.15) is 10.2 Å². The van der Waals surface area contributed by atoms with Crippen LogP contribution in [0.1, 0.15) is 99.3 Å². The first-order chi connectivity index (χ1) is 19.4. The Morgan fingerprint density at radius 2 is 1.54 bits per heavy atom. The van der Waals surface area contributed by atoms with E-state index in [-0.39, 0.29) is 42.1 Å². The minimum Gasteiger partial charge on any atom is -0.384 e. The molecule has 8 nitrogen and oxygen atoms in total. The Hall–Kier alpha value is -0.640. The lowest BCUT2D eigenvalue weighted by Crippen LogP contribution is -2.67. The third kappa shape index (κ3) is 5.24. The van der Waals surface area contributed by atoms with E-state index in [2.05, 4.69) is 39.7 Å². The van der Waals surface area contributed by atoms with Crippen LogP contribution in [0.5, 0.6) is 0 Å². The highest BCUT2D eigenvalue weighted by atomic mass is 16.7. The van der Waals surface area contributed by atoms with Crippen molar-refractivity contribution in [3.05, 3.63) is 0 Å². The number of hydrogen-bond acceptors (Lipinski definition) is 8. The predicted octanol–water partition coefficient (Wildman–Crippen LogP) is 5.94. The van der Waals surface area contributed by atoms with Crippen molar-refractivity contribution < 1.29 is 29.2 Å². The quantitative estimate of drug-likeness (QED) is 0.402. The molecule has 17 unspecified atom stereocenters. The van der Waals surface area contributed by atoms with Gasteiger partial charge in [0.1, 0.15) is 5.60 Å². The number of ether oxygens (including phenoxy) is 4. The molecule has 2 aliphatic carbocycles. The van der Waals surface area contributed by atoms with Crippen LogP contribution in [0.2, 0.25) is 0 Å². The Bertz CT molecular complexity index is 962. The molecule has 0 aromatic rings. The van der Waals surface area contributed by atoms with Crippen LogP contribution in [0.25, 0.3) is 0 Å². The van der Waals surface area contributed by atoms with Crippen molar-refractivity contribution in [1.82, 2.24) is 0 Å². The van der Waals surface area contributed by atoms with Crippen molar-refractivity contribution in [3.8, 4) is 0 Å². The molecule has 4 aliphatic heterocycles. The Kier molecular flexibility index (Phi) is 8.43. The minimum atomic E-state index is -1.17. The molecule has 0 amide bonds. The summed E-state index contributed by atoms with van der Waals surface area (Å²) in [5.74, 6) is 1.96. The van der Waals surface area contributed by atoms with Crippen LogP contribution in [0.4, 0.5) is 0 Å². The first kappa shape index (κ1) is 30.4. The van der Waals surface area contributed by atoms with Gasteiger partial charge in [-0.25, -0.2) is 0 Å². The van der Waals surface area contributed by atoms with Crippen LogP contribution >= 0.6 is 0 Å². The maximum Gasteiger partial charge on any atom is 0.187 e. The zero-order valence-corrected chi connectivity index (χ0v) is 26.4. The van der Waals surface area contributed by atoms with E-state index in [1.54, 1.807) is 14.0 Å². The molecule has 234 valence electrons. The van der Waals surface area contributed by atoms with Crippen LogP contribution < -0.4 is 0 Å². The minimum absolute atomic E-state index is 0.0447. The largest absolute Gasteiger partial charge is 0.384 e. The first-order valence-corrected chi connectivity index (χ1v) is 16.8. The van der Waals surface area contributed by atoms with Gasteiger partial charge in [-0.05, 0) is 99.7 Å². The van der Waals surface area contributed by atoms with Gasteiger partial charge in [0.15, 0.2) is 18.4 Å². The zero-order valence-electron chi connectivity index (χ0n) is 26.4. The van der Waals surface area contributed by atoms with E-state index in [4.69, 9.17) is 24.1 Å². The molecule has 4 heterocycles. The summed E-state index contributed by atoms with van der Waals surface area (Å²) in [5, 5.41) is 32.5. The molecule has 4 saturated heterocycles. The summed E-state index contributed by atoms with van der Waals surface area (Å²) in [6, 6.07) is -0.215. The fourth-order valence-electron chi connectivity index (χ4n) is 10.5. The SMILES string of the molecule is CN=NC(CC1OC2OC(C)(O)CCC3C(C)CCC(C1C)C23)C1OC2OC(C)CCC3C(C)CCC(C1C)C23O. The third-order valence-electron chi connectivity index (χ3n) is 12.8. The number of hydrogen-bond donors (Lipinski definition) is 2. The molecule has 6 rings (SSSR count). The summed E-state index contributed by atoms with van der Waals surface area (Å²) in [4.78, 5) is 0. The van der Waals surface area contributed by atoms with Crippen molar-refractivity contribution in [3.63, 3.8) is 0 Å². The van der Waals surface area contributed by atoms with Gasteiger partial charge in [0.25, 0.3) is 0 Å². The molecular weight excluding hydrogens is 520 g/mol. The summed E-state index contributed by atoms with van der Waals surface area (Å²) in [7, 11) is 1.74. The van der Waals surface area contributed by atoms with E-state index >= 15 is 0 Å².